The lowest BCUT2D eigenvalue weighted by atomic mass is 10.1. The maximum absolute atomic E-state index is 12.3. The highest BCUT2D eigenvalue weighted by Gasteiger charge is 2.28. The van der Waals surface area contributed by atoms with Gasteiger partial charge in [0.15, 0.2) is 0 Å². The molecule has 1 aliphatic rings. The molecule has 1 saturated heterocycles. The summed E-state index contributed by atoms with van der Waals surface area (Å²) in [6, 6.07) is 7.64. The minimum Gasteiger partial charge on any atom is -0.497 e. The molecule has 0 aromatic heterocycles. The molecule has 0 aliphatic carbocycles. The number of benzene rings is 1. The van der Waals surface area contributed by atoms with Crippen molar-refractivity contribution in [3.8, 4) is 5.75 Å². The zero-order valence-corrected chi connectivity index (χ0v) is 11.4. The number of methoxy groups -OCH3 is 1. The number of carbonyl (C=O) groups is 1. The van der Waals surface area contributed by atoms with Gasteiger partial charge in [-0.05, 0) is 37.1 Å². The zero-order chi connectivity index (χ0) is 12.3. The predicted molar refractivity (Wildman–Crippen MR) is 70.8 cm³/mol. The third-order valence-electron chi connectivity index (χ3n) is 3.15. The Morgan fingerprint density at radius 2 is 2.18 bits per heavy atom. The Labute approximate surface area is 110 Å². The first-order chi connectivity index (χ1) is 8.26. The van der Waals surface area contributed by atoms with E-state index in [4.69, 9.17) is 4.74 Å². The van der Waals surface area contributed by atoms with Crippen LogP contribution in [0.15, 0.2) is 24.3 Å². The largest absolute Gasteiger partial charge is 0.497 e. The van der Waals surface area contributed by atoms with Crippen molar-refractivity contribution in [3.05, 3.63) is 29.8 Å². The molecule has 17 heavy (non-hydrogen) atoms. The maximum atomic E-state index is 12.3. The van der Waals surface area contributed by atoms with Gasteiger partial charge in [0.05, 0.1) is 7.11 Å². The van der Waals surface area contributed by atoms with Crippen LogP contribution in [0.1, 0.15) is 23.2 Å². The number of ether oxygens (including phenoxy) is 1. The summed E-state index contributed by atoms with van der Waals surface area (Å²) in [6.07, 6.45) is 2.19. The first-order valence-corrected chi connectivity index (χ1v) is 6.89. The fourth-order valence-corrected chi connectivity index (χ4v) is 2.84. The van der Waals surface area contributed by atoms with Crippen LogP contribution < -0.4 is 4.74 Å². The Balaban J connectivity index is 2.13. The van der Waals surface area contributed by atoms with Crippen molar-refractivity contribution in [2.75, 3.05) is 19.0 Å². The van der Waals surface area contributed by atoms with Crippen LogP contribution in [-0.4, -0.2) is 35.8 Å². The molecule has 1 amide bonds. The van der Waals surface area contributed by atoms with Crippen molar-refractivity contribution in [2.24, 2.45) is 0 Å². The Kier molecular flexibility index (Phi) is 4.05. The second kappa shape index (κ2) is 5.54. The lowest BCUT2D eigenvalue weighted by molar-refractivity contribution is 0.0750. The van der Waals surface area contributed by atoms with Gasteiger partial charge >= 0.3 is 0 Å². The van der Waals surface area contributed by atoms with Gasteiger partial charge in [-0.3, -0.25) is 4.79 Å². The minimum absolute atomic E-state index is 0.120. The number of rotatable bonds is 3. The molecule has 1 heterocycles. The summed E-state index contributed by atoms with van der Waals surface area (Å²) in [5, 5.41) is 0.856. The van der Waals surface area contributed by atoms with Crippen molar-refractivity contribution >= 4 is 21.8 Å². The maximum Gasteiger partial charge on any atom is 0.254 e. The summed E-state index contributed by atoms with van der Waals surface area (Å²) in [6.45, 7) is 0.862. The van der Waals surface area contributed by atoms with E-state index in [1.54, 1.807) is 7.11 Å². The smallest absolute Gasteiger partial charge is 0.254 e. The number of nitrogens with zero attached hydrogens (tertiary/aromatic N) is 1. The predicted octanol–water partition coefficient (Wildman–Crippen LogP) is 2.69. The van der Waals surface area contributed by atoms with E-state index in [1.807, 2.05) is 29.2 Å². The van der Waals surface area contributed by atoms with Gasteiger partial charge in [0.2, 0.25) is 0 Å². The zero-order valence-electron chi connectivity index (χ0n) is 9.86. The Morgan fingerprint density at radius 3 is 2.76 bits per heavy atom. The fraction of sp³-hybridized carbons (Fsp3) is 0.462. The van der Waals surface area contributed by atoms with E-state index in [0.29, 0.717) is 6.04 Å². The third kappa shape index (κ3) is 2.63. The van der Waals surface area contributed by atoms with Gasteiger partial charge in [0.1, 0.15) is 5.75 Å². The molecule has 0 radical (unpaired) electrons. The highest BCUT2D eigenvalue weighted by Crippen LogP contribution is 2.22. The van der Waals surface area contributed by atoms with Gasteiger partial charge in [-0.2, -0.15) is 0 Å². The SMILES string of the molecule is COc1ccc(C(=O)N2CCCC2CBr)cc1. The molecule has 0 bridgehead atoms. The highest BCUT2D eigenvalue weighted by molar-refractivity contribution is 9.09. The topological polar surface area (TPSA) is 29.5 Å². The van der Waals surface area contributed by atoms with Crippen LogP contribution in [0.3, 0.4) is 0 Å². The Bertz CT molecular complexity index is 391. The first kappa shape index (κ1) is 12.4. The molecule has 0 spiro atoms. The van der Waals surface area contributed by atoms with E-state index < -0.39 is 0 Å². The molecular formula is C13H16BrNO2. The Morgan fingerprint density at radius 1 is 1.47 bits per heavy atom. The van der Waals surface area contributed by atoms with Crippen LogP contribution in [0.25, 0.3) is 0 Å². The fourth-order valence-electron chi connectivity index (χ4n) is 2.16. The van der Waals surface area contributed by atoms with E-state index >= 15 is 0 Å². The van der Waals surface area contributed by atoms with Crippen molar-refractivity contribution in [1.82, 2.24) is 4.90 Å². The summed E-state index contributed by atoms with van der Waals surface area (Å²) in [5.74, 6) is 0.898. The number of hydrogen-bond donors (Lipinski definition) is 0. The summed E-state index contributed by atoms with van der Waals surface area (Å²) in [7, 11) is 1.62. The molecule has 0 saturated carbocycles. The molecule has 1 aromatic rings. The summed E-state index contributed by atoms with van der Waals surface area (Å²) in [5.41, 5.74) is 0.735. The monoisotopic (exact) mass is 297 g/mol. The van der Waals surface area contributed by atoms with Crippen LogP contribution in [0.5, 0.6) is 5.75 Å². The molecule has 1 aliphatic heterocycles. The number of likely N-dealkylation sites (tertiary alicyclic amines) is 1. The van der Waals surface area contributed by atoms with Crippen LogP contribution >= 0.6 is 15.9 Å². The summed E-state index contributed by atoms with van der Waals surface area (Å²) < 4.78 is 5.08. The second-order valence-corrected chi connectivity index (χ2v) is 4.82. The molecule has 2 rings (SSSR count). The van der Waals surface area contributed by atoms with E-state index in [2.05, 4.69) is 15.9 Å². The molecule has 0 N–H and O–H groups in total. The van der Waals surface area contributed by atoms with Crippen LogP contribution in [0, 0.1) is 0 Å². The average Bonchev–Trinajstić information content (AvgIpc) is 2.86. The lowest BCUT2D eigenvalue weighted by Gasteiger charge is -2.23. The van der Waals surface area contributed by atoms with Gasteiger partial charge in [0, 0.05) is 23.5 Å². The number of alkyl halides is 1. The number of carbonyl (C=O) groups excluding carboxylic acids is 1. The normalized spacial score (nSPS) is 19.4. The van der Waals surface area contributed by atoms with Crippen molar-refractivity contribution in [1.29, 1.82) is 0 Å². The highest BCUT2D eigenvalue weighted by atomic mass is 79.9. The molecular weight excluding hydrogens is 282 g/mol. The van der Waals surface area contributed by atoms with E-state index in [-0.39, 0.29) is 5.91 Å². The molecule has 4 heteroatoms. The Hall–Kier alpha value is -1.03. The molecule has 92 valence electrons. The quantitative estimate of drug-likeness (QED) is 0.803. The van der Waals surface area contributed by atoms with Crippen LogP contribution in [0.2, 0.25) is 0 Å². The summed E-state index contributed by atoms with van der Waals surface area (Å²) >= 11 is 3.47. The first-order valence-electron chi connectivity index (χ1n) is 5.77. The van der Waals surface area contributed by atoms with E-state index in [1.165, 1.54) is 0 Å². The van der Waals surface area contributed by atoms with Crippen molar-refractivity contribution in [3.63, 3.8) is 0 Å². The molecule has 3 nitrogen and oxygen atoms in total. The molecule has 1 aromatic carbocycles. The van der Waals surface area contributed by atoms with Gasteiger partial charge in [-0.15, -0.1) is 0 Å². The second-order valence-electron chi connectivity index (χ2n) is 4.18. The van der Waals surface area contributed by atoms with Crippen molar-refractivity contribution in [2.45, 2.75) is 18.9 Å². The third-order valence-corrected chi connectivity index (χ3v) is 3.90. The van der Waals surface area contributed by atoms with Gasteiger partial charge in [-0.25, -0.2) is 0 Å². The molecule has 1 fully saturated rings. The molecule has 1 atom stereocenters. The van der Waals surface area contributed by atoms with E-state index in [9.17, 15) is 4.79 Å². The van der Waals surface area contributed by atoms with Gasteiger partial charge in [-0.1, -0.05) is 15.9 Å². The van der Waals surface area contributed by atoms with E-state index in [0.717, 1.165) is 36.0 Å². The number of amides is 1. The lowest BCUT2D eigenvalue weighted by Crippen LogP contribution is -2.36. The van der Waals surface area contributed by atoms with Gasteiger partial charge in [0.25, 0.3) is 5.91 Å². The average molecular weight is 298 g/mol. The molecule has 1 unspecified atom stereocenters. The van der Waals surface area contributed by atoms with Gasteiger partial charge < -0.3 is 9.64 Å². The number of hydrogen-bond acceptors (Lipinski definition) is 2. The van der Waals surface area contributed by atoms with Crippen molar-refractivity contribution < 1.29 is 9.53 Å². The summed E-state index contributed by atoms with van der Waals surface area (Å²) in [4.78, 5) is 14.2. The van der Waals surface area contributed by atoms with Crippen LogP contribution in [-0.2, 0) is 0 Å². The standard InChI is InChI=1S/C13H16BrNO2/c1-17-12-6-4-10(5-7-12)13(16)15-8-2-3-11(15)9-14/h4-7,11H,2-3,8-9H2,1H3. The minimum atomic E-state index is 0.120. The number of halogens is 1. The van der Waals surface area contributed by atoms with Crippen LogP contribution in [0.4, 0.5) is 0 Å².